The smallest absolute Gasteiger partial charge is 0.246 e. The van der Waals surface area contributed by atoms with Crippen LogP contribution in [-0.2, 0) is 4.79 Å². The molecule has 0 unspecified atom stereocenters. The maximum absolute atomic E-state index is 12.0. The number of carbonyl (C=O) groups is 1. The van der Waals surface area contributed by atoms with Crippen LogP contribution in [0.3, 0.4) is 0 Å². The number of benzene rings is 2. The molecule has 3 N–H and O–H groups in total. The highest BCUT2D eigenvalue weighted by atomic mass is 16.5. The van der Waals surface area contributed by atoms with Crippen LogP contribution in [0.5, 0.6) is 11.5 Å². The zero-order chi connectivity index (χ0) is 28.2. The number of rotatable bonds is 8. The fraction of sp³-hybridized carbons (Fsp3) is 0.241. The number of amides is 1. The Bertz CT molecular complexity index is 1600. The first-order valence-corrected chi connectivity index (χ1v) is 12.9. The first-order chi connectivity index (χ1) is 19.4. The van der Waals surface area contributed by atoms with Crippen LogP contribution in [0, 0.1) is 19.4 Å². The molecule has 11 nitrogen and oxygen atoms in total. The highest BCUT2D eigenvalue weighted by molar-refractivity contribution is 5.89. The molecule has 0 aliphatic carbocycles. The number of anilines is 4. The van der Waals surface area contributed by atoms with E-state index in [2.05, 4.69) is 37.2 Å². The number of hydrogen-bond acceptors (Lipinski definition) is 10. The Hall–Kier alpha value is -5.06. The second-order valence-electron chi connectivity index (χ2n) is 9.48. The molecule has 204 valence electrons. The largest absolute Gasteiger partial charge is 0.457 e. The van der Waals surface area contributed by atoms with Crippen LogP contribution in [-0.4, -0.2) is 59.0 Å². The van der Waals surface area contributed by atoms with Crippen LogP contribution < -0.4 is 20.3 Å². The summed E-state index contributed by atoms with van der Waals surface area (Å²) in [6.45, 7) is 10.2. The standard InChI is InChI=1S/C29H31N9O2/c1-5-26(39)37-10-12-38(13-11-37)29-19(3)15-24-27(35-29)28(33-17-32-24)34-20-6-9-25(18(2)14-20)40-21-7-8-22(31-4)23(16-21)36-30/h5-9,14-17,30-31H,1,10-13H2,2-4H3,(H,32,33,34). The zero-order valence-corrected chi connectivity index (χ0v) is 22.7. The topological polar surface area (TPSA) is 132 Å². The van der Waals surface area contributed by atoms with E-state index in [4.69, 9.17) is 15.3 Å². The Morgan fingerprint density at radius 1 is 1.07 bits per heavy atom. The van der Waals surface area contributed by atoms with Crippen LogP contribution in [0.1, 0.15) is 11.1 Å². The lowest BCUT2D eigenvalue weighted by Gasteiger charge is -2.35. The second kappa shape index (κ2) is 11.4. The minimum Gasteiger partial charge on any atom is -0.457 e. The van der Waals surface area contributed by atoms with Gasteiger partial charge in [0.1, 0.15) is 34.8 Å². The van der Waals surface area contributed by atoms with Gasteiger partial charge in [-0.3, -0.25) is 4.79 Å². The first-order valence-electron chi connectivity index (χ1n) is 12.9. The van der Waals surface area contributed by atoms with Crippen LogP contribution in [0.15, 0.2) is 66.6 Å². The summed E-state index contributed by atoms with van der Waals surface area (Å²) in [4.78, 5) is 29.9. The molecule has 11 heteroatoms. The van der Waals surface area contributed by atoms with Crippen molar-refractivity contribution in [3.8, 4) is 11.5 Å². The predicted molar refractivity (Wildman–Crippen MR) is 156 cm³/mol. The number of aromatic nitrogens is 3. The van der Waals surface area contributed by atoms with Gasteiger partial charge in [-0.05, 0) is 67.4 Å². The molecule has 2 aromatic heterocycles. The molecule has 1 amide bonds. The van der Waals surface area contributed by atoms with Crippen LogP contribution in [0.25, 0.3) is 11.0 Å². The number of fused-ring (bicyclic) bond motifs is 1. The number of ether oxygens (including phenoxy) is 1. The maximum atomic E-state index is 12.0. The van der Waals surface area contributed by atoms with Gasteiger partial charge in [0.2, 0.25) is 5.91 Å². The van der Waals surface area contributed by atoms with Crippen LogP contribution in [0.4, 0.5) is 28.7 Å². The van der Waals surface area contributed by atoms with Crippen molar-refractivity contribution in [2.75, 3.05) is 48.8 Å². The van der Waals surface area contributed by atoms with Gasteiger partial charge in [-0.2, -0.15) is 5.11 Å². The van der Waals surface area contributed by atoms with Crippen molar-refractivity contribution in [3.05, 3.63) is 72.6 Å². The van der Waals surface area contributed by atoms with E-state index < -0.39 is 0 Å². The summed E-state index contributed by atoms with van der Waals surface area (Å²) in [5, 5.41) is 9.97. The number of aryl methyl sites for hydroxylation is 2. The van der Waals surface area contributed by atoms with E-state index in [0.29, 0.717) is 54.7 Å². The maximum Gasteiger partial charge on any atom is 0.246 e. The number of piperazine rings is 1. The third kappa shape index (κ3) is 5.39. The highest BCUT2D eigenvalue weighted by Gasteiger charge is 2.22. The molecule has 3 heterocycles. The Labute approximate surface area is 232 Å². The molecule has 1 saturated heterocycles. The van der Waals surface area contributed by atoms with E-state index in [1.165, 1.54) is 12.4 Å². The Balaban J connectivity index is 1.37. The van der Waals surface area contributed by atoms with Crippen molar-refractivity contribution in [2.24, 2.45) is 5.11 Å². The Kier molecular flexibility index (Phi) is 7.54. The molecule has 1 aliphatic rings. The van der Waals surface area contributed by atoms with Crippen molar-refractivity contribution in [1.29, 1.82) is 5.53 Å². The lowest BCUT2D eigenvalue weighted by atomic mass is 10.2. The SMILES string of the molecule is C=CC(=O)N1CCN(c2nc3c(Nc4ccc(Oc5ccc(NC)c(N=N)c5)c(C)c4)ncnc3cc2C)CC1. The molecule has 1 fully saturated rings. The quantitative estimate of drug-likeness (QED) is 0.192. The zero-order valence-electron chi connectivity index (χ0n) is 22.7. The van der Waals surface area contributed by atoms with Crippen molar-refractivity contribution >= 4 is 45.6 Å². The number of nitrogens with one attached hydrogen (secondary N) is 3. The van der Waals surface area contributed by atoms with Crippen molar-refractivity contribution in [3.63, 3.8) is 0 Å². The van der Waals surface area contributed by atoms with Gasteiger partial charge in [0, 0.05) is 45.0 Å². The van der Waals surface area contributed by atoms with E-state index in [1.54, 1.807) is 18.0 Å². The molecule has 0 atom stereocenters. The normalized spacial score (nSPS) is 13.2. The molecule has 40 heavy (non-hydrogen) atoms. The summed E-state index contributed by atoms with van der Waals surface area (Å²) in [5.41, 5.74) is 12.8. The van der Waals surface area contributed by atoms with E-state index in [9.17, 15) is 4.79 Å². The fourth-order valence-corrected chi connectivity index (χ4v) is 4.74. The second-order valence-corrected chi connectivity index (χ2v) is 9.48. The van der Waals surface area contributed by atoms with Gasteiger partial charge in [-0.15, -0.1) is 0 Å². The molecule has 2 aromatic carbocycles. The molecule has 4 aromatic rings. The number of pyridine rings is 1. The number of hydrogen-bond donors (Lipinski definition) is 3. The summed E-state index contributed by atoms with van der Waals surface area (Å²) in [6.07, 6.45) is 2.89. The minimum absolute atomic E-state index is 0.0470. The third-order valence-corrected chi connectivity index (χ3v) is 6.86. The molecule has 5 rings (SSSR count). The van der Waals surface area contributed by atoms with E-state index in [-0.39, 0.29) is 5.91 Å². The molecule has 0 bridgehead atoms. The summed E-state index contributed by atoms with van der Waals surface area (Å²) < 4.78 is 6.08. The lowest BCUT2D eigenvalue weighted by molar-refractivity contribution is -0.126. The van der Waals surface area contributed by atoms with Gasteiger partial charge in [0.25, 0.3) is 0 Å². The van der Waals surface area contributed by atoms with Gasteiger partial charge in [-0.1, -0.05) is 6.58 Å². The minimum atomic E-state index is -0.0470. The molecular weight excluding hydrogens is 506 g/mol. The van der Waals surface area contributed by atoms with Gasteiger partial charge in [-0.25, -0.2) is 20.5 Å². The van der Waals surface area contributed by atoms with Crippen LogP contribution in [0.2, 0.25) is 0 Å². The van der Waals surface area contributed by atoms with Crippen molar-refractivity contribution in [1.82, 2.24) is 19.9 Å². The summed E-state index contributed by atoms with van der Waals surface area (Å²) in [6, 6.07) is 13.2. The van der Waals surface area contributed by atoms with E-state index >= 15 is 0 Å². The summed E-state index contributed by atoms with van der Waals surface area (Å²) in [5.74, 6) is 2.70. The van der Waals surface area contributed by atoms with Gasteiger partial charge >= 0.3 is 0 Å². The number of carbonyl (C=O) groups excluding carboxylic acids is 1. The third-order valence-electron chi connectivity index (χ3n) is 6.86. The first kappa shape index (κ1) is 26.5. The molecule has 0 radical (unpaired) electrons. The summed E-state index contributed by atoms with van der Waals surface area (Å²) >= 11 is 0. The van der Waals surface area contributed by atoms with E-state index in [0.717, 1.165) is 33.8 Å². The van der Waals surface area contributed by atoms with Crippen molar-refractivity contribution in [2.45, 2.75) is 13.8 Å². The Morgan fingerprint density at radius 3 is 2.58 bits per heavy atom. The van der Waals surface area contributed by atoms with E-state index in [1.807, 2.05) is 50.2 Å². The summed E-state index contributed by atoms with van der Waals surface area (Å²) in [7, 11) is 1.79. The van der Waals surface area contributed by atoms with Gasteiger partial charge < -0.3 is 25.2 Å². The molecule has 1 aliphatic heterocycles. The number of nitrogens with zero attached hydrogens (tertiary/aromatic N) is 6. The van der Waals surface area contributed by atoms with Crippen molar-refractivity contribution < 1.29 is 9.53 Å². The molecule has 0 spiro atoms. The van der Waals surface area contributed by atoms with Crippen LogP contribution >= 0.6 is 0 Å². The highest BCUT2D eigenvalue weighted by Crippen LogP contribution is 2.34. The predicted octanol–water partition coefficient (Wildman–Crippen LogP) is 5.72. The van der Waals surface area contributed by atoms with Gasteiger partial charge in [0.05, 0.1) is 11.2 Å². The monoisotopic (exact) mass is 537 g/mol. The average molecular weight is 538 g/mol. The average Bonchev–Trinajstić information content (AvgIpc) is 2.98. The molecule has 0 saturated carbocycles. The fourth-order valence-electron chi connectivity index (χ4n) is 4.74. The lowest BCUT2D eigenvalue weighted by Crippen LogP contribution is -2.48. The van der Waals surface area contributed by atoms with Gasteiger partial charge in [0.15, 0.2) is 5.82 Å². The Morgan fingerprint density at radius 2 is 1.88 bits per heavy atom. The molecular formula is C29H31N9O2.